The number of nitrogens with zero attached hydrogens (tertiary/aromatic N) is 1. The minimum Gasteiger partial charge on any atom is -0.312 e. The first-order valence-electron chi connectivity index (χ1n) is 7.01. The van der Waals surface area contributed by atoms with Crippen molar-refractivity contribution in [2.24, 2.45) is 0 Å². The summed E-state index contributed by atoms with van der Waals surface area (Å²) >= 11 is 0. The molecule has 0 saturated heterocycles. The zero-order valence-corrected chi connectivity index (χ0v) is 11.4. The van der Waals surface area contributed by atoms with E-state index >= 15 is 0 Å². The molecular formula is C18H18N2. The Morgan fingerprint density at radius 1 is 0.850 bits per heavy atom. The molecule has 1 N–H and O–H groups in total. The van der Waals surface area contributed by atoms with Gasteiger partial charge in [-0.3, -0.25) is 4.98 Å². The van der Waals surface area contributed by atoms with Crippen LogP contribution in [0.3, 0.4) is 0 Å². The molecule has 0 atom stereocenters. The van der Waals surface area contributed by atoms with Gasteiger partial charge in [0.2, 0.25) is 0 Å². The van der Waals surface area contributed by atoms with Crippen molar-refractivity contribution < 1.29 is 0 Å². The Kier molecular flexibility index (Phi) is 4.04. The van der Waals surface area contributed by atoms with Crippen molar-refractivity contribution in [3.8, 4) is 0 Å². The Labute approximate surface area is 119 Å². The first kappa shape index (κ1) is 12.8. The highest BCUT2D eigenvalue weighted by Gasteiger charge is 2.00. The summed E-state index contributed by atoms with van der Waals surface area (Å²) in [6, 6.07) is 21.0. The number of hydrogen-bond donors (Lipinski definition) is 1. The zero-order chi connectivity index (χ0) is 13.6. The molecule has 0 spiro atoms. The number of benzene rings is 2. The minimum absolute atomic E-state index is 0.885. The summed E-state index contributed by atoms with van der Waals surface area (Å²) in [7, 11) is 0. The second-order valence-electron chi connectivity index (χ2n) is 4.90. The lowest BCUT2D eigenvalue weighted by Crippen LogP contribution is -2.16. The SMILES string of the molecule is c1ccc(CCNCc2ccnc3ccccc23)cc1. The Bertz CT molecular complexity index is 672. The van der Waals surface area contributed by atoms with Crippen LogP contribution < -0.4 is 5.32 Å². The lowest BCUT2D eigenvalue weighted by Gasteiger charge is -2.08. The molecule has 0 saturated carbocycles. The van der Waals surface area contributed by atoms with E-state index in [1.807, 2.05) is 12.3 Å². The van der Waals surface area contributed by atoms with Crippen LogP contribution in [-0.4, -0.2) is 11.5 Å². The summed E-state index contributed by atoms with van der Waals surface area (Å²) < 4.78 is 0. The van der Waals surface area contributed by atoms with Gasteiger partial charge >= 0.3 is 0 Å². The molecule has 2 heteroatoms. The molecule has 0 aliphatic heterocycles. The summed E-state index contributed by atoms with van der Waals surface area (Å²) in [6.07, 6.45) is 2.94. The molecule has 0 radical (unpaired) electrons. The van der Waals surface area contributed by atoms with Crippen LogP contribution in [0.1, 0.15) is 11.1 Å². The molecule has 3 aromatic rings. The molecule has 0 unspecified atom stereocenters. The lowest BCUT2D eigenvalue weighted by molar-refractivity contribution is 0.689. The topological polar surface area (TPSA) is 24.9 Å². The van der Waals surface area contributed by atoms with Crippen molar-refractivity contribution in [2.45, 2.75) is 13.0 Å². The maximum absolute atomic E-state index is 4.39. The predicted octanol–water partition coefficient (Wildman–Crippen LogP) is 3.57. The normalized spacial score (nSPS) is 10.8. The number of aromatic nitrogens is 1. The van der Waals surface area contributed by atoms with Gasteiger partial charge in [0.05, 0.1) is 5.52 Å². The van der Waals surface area contributed by atoms with Crippen molar-refractivity contribution in [1.82, 2.24) is 10.3 Å². The third-order valence-electron chi connectivity index (χ3n) is 3.49. The second-order valence-corrected chi connectivity index (χ2v) is 4.90. The molecule has 0 bridgehead atoms. The second kappa shape index (κ2) is 6.31. The van der Waals surface area contributed by atoms with Crippen LogP contribution in [0, 0.1) is 0 Å². The maximum Gasteiger partial charge on any atom is 0.0705 e. The highest BCUT2D eigenvalue weighted by Crippen LogP contribution is 2.15. The van der Waals surface area contributed by atoms with E-state index in [-0.39, 0.29) is 0 Å². The Balaban J connectivity index is 1.60. The average molecular weight is 262 g/mol. The molecule has 2 aromatic carbocycles. The summed E-state index contributed by atoms with van der Waals surface area (Å²) in [5.41, 5.74) is 3.75. The van der Waals surface area contributed by atoms with E-state index in [0.29, 0.717) is 0 Å². The standard InChI is InChI=1S/C18H18N2/c1-2-6-15(7-3-1)10-12-19-14-16-11-13-20-18-9-5-4-8-17(16)18/h1-9,11,13,19H,10,12,14H2. The fourth-order valence-corrected chi connectivity index (χ4v) is 2.41. The third-order valence-corrected chi connectivity index (χ3v) is 3.49. The highest BCUT2D eigenvalue weighted by molar-refractivity contribution is 5.81. The molecule has 2 nitrogen and oxygen atoms in total. The third kappa shape index (κ3) is 3.03. The van der Waals surface area contributed by atoms with E-state index in [9.17, 15) is 0 Å². The van der Waals surface area contributed by atoms with Crippen LogP contribution >= 0.6 is 0 Å². The van der Waals surface area contributed by atoms with E-state index in [2.05, 4.69) is 64.9 Å². The van der Waals surface area contributed by atoms with Gasteiger partial charge in [-0.15, -0.1) is 0 Å². The van der Waals surface area contributed by atoms with E-state index in [1.165, 1.54) is 16.5 Å². The first-order chi connectivity index (χ1) is 9.93. The summed E-state index contributed by atoms with van der Waals surface area (Å²) in [5, 5.41) is 4.75. The molecule has 0 aliphatic rings. The van der Waals surface area contributed by atoms with Gasteiger partial charge in [0.15, 0.2) is 0 Å². The molecular weight excluding hydrogens is 244 g/mol. The smallest absolute Gasteiger partial charge is 0.0705 e. The molecule has 20 heavy (non-hydrogen) atoms. The van der Waals surface area contributed by atoms with E-state index < -0.39 is 0 Å². The molecule has 0 fully saturated rings. The summed E-state index contributed by atoms with van der Waals surface area (Å²) in [6.45, 7) is 1.87. The molecule has 100 valence electrons. The maximum atomic E-state index is 4.39. The van der Waals surface area contributed by atoms with Crippen LogP contribution in [0.5, 0.6) is 0 Å². The molecule has 0 amide bonds. The summed E-state index contributed by atoms with van der Waals surface area (Å²) in [5.74, 6) is 0. The Hall–Kier alpha value is -2.19. The van der Waals surface area contributed by atoms with Gasteiger partial charge in [-0.1, -0.05) is 48.5 Å². The number of hydrogen-bond acceptors (Lipinski definition) is 2. The van der Waals surface area contributed by atoms with E-state index in [1.54, 1.807) is 0 Å². The fourth-order valence-electron chi connectivity index (χ4n) is 2.41. The predicted molar refractivity (Wildman–Crippen MR) is 83.6 cm³/mol. The Morgan fingerprint density at radius 3 is 2.55 bits per heavy atom. The van der Waals surface area contributed by atoms with Crippen molar-refractivity contribution in [3.05, 3.63) is 78.0 Å². The quantitative estimate of drug-likeness (QED) is 0.711. The van der Waals surface area contributed by atoms with Crippen LogP contribution in [-0.2, 0) is 13.0 Å². The van der Waals surface area contributed by atoms with Crippen molar-refractivity contribution in [1.29, 1.82) is 0 Å². The van der Waals surface area contributed by atoms with Gasteiger partial charge in [-0.2, -0.15) is 0 Å². The van der Waals surface area contributed by atoms with Gasteiger partial charge < -0.3 is 5.32 Å². The largest absolute Gasteiger partial charge is 0.312 e. The van der Waals surface area contributed by atoms with Crippen LogP contribution in [0.2, 0.25) is 0 Å². The lowest BCUT2D eigenvalue weighted by atomic mass is 10.1. The van der Waals surface area contributed by atoms with Gasteiger partial charge in [0.1, 0.15) is 0 Å². The van der Waals surface area contributed by atoms with E-state index in [4.69, 9.17) is 0 Å². The number of rotatable bonds is 5. The van der Waals surface area contributed by atoms with Crippen LogP contribution in [0.15, 0.2) is 66.9 Å². The first-order valence-corrected chi connectivity index (χ1v) is 7.01. The zero-order valence-electron chi connectivity index (χ0n) is 11.4. The number of para-hydroxylation sites is 1. The number of fused-ring (bicyclic) bond motifs is 1. The minimum atomic E-state index is 0.885. The highest BCUT2D eigenvalue weighted by atomic mass is 14.8. The number of nitrogens with one attached hydrogen (secondary N) is 1. The van der Waals surface area contributed by atoms with Crippen LogP contribution in [0.4, 0.5) is 0 Å². The Morgan fingerprint density at radius 2 is 1.65 bits per heavy atom. The molecule has 0 aliphatic carbocycles. The number of pyridine rings is 1. The van der Waals surface area contributed by atoms with Gasteiger partial charge in [-0.05, 0) is 36.2 Å². The van der Waals surface area contributed by atoms with Crippen molar-refractivity contribution in [3.63, 3.8) is 0 Å². The van der Waals surface area contributed by atoms with Crippen molar-refractivity contribution >= 4 is 10.9 Å². The summed E-state index contributed by atoms with van der Waals surface area (Å²) in [4.78, 5) is 4.39. The average Bonchev–Trinajstić information content (AvgIpc) is 2.53. The fraction of sp³-hybridized carbons (Fsp3) is 0.167. The monoisotopic (exact) mass is 262 g/mol. The molecule has 3 rings (SSSR count). The van der Waals surface area contributed by atoms with Gasteiger partial charge in [0.25, 0.3) is 0 Å². The molecule has 1 aromatic heterocycles. The van der Waals surface area contributed by atoms with E-state index in [0.717, 1.165) is 25.0 Å². The van der Waals surface area contributed by atoms with Gasteiger partial charge in [-0.25, -0.2) is 0 Å². The van der Waals surface area contributed by atoms with Crippen molar-refractivity contribution in [2.75, 3.05) is 6.54 Å². The van der Waals surface area contributed by atoms with Crippen LogP contribution in [0.25, 0.3) is 10.9 Å². The van der Waals surface area contributed by atoms with Gasteiger partial charge in [0, 0.05) is 18.1 Å². The molecule has 1 heterocycles.